The maximum atomic E-state index is 5.45. The van der Waals surface area contributed by atoms with Crippen LogP contribution in [0.1, 0.15) is 26.0 Å². The van der Waals surface area contributed by atoms with Crippen LogP contribution in [0.25, 0.3) is 10.8 Å². The van der Waals surface area contributed by atoms with Gasteiger partial charge in [0.15, 0.2) is 0 Å². The first-order chi connectivity index (χ1) is 8.25. The molecular weight excluding hydrogens is 232 g/mol. The number of rotatable bonds is 6. The fourth-order valence-electron chi connectivity index (χ4n) is 1.51. The van der Waals surface area contributed by atoms with E-state index in [4.69, 9.17) is 4.42 Å². The predicted molar refractivity (Wildman–Crippen MR) is 71.0 cm³/mol. The second kappa shape index (κ2) is 5.98. The van der Waals surface area contributed by atoms with Crippen molar-refractivity contribution in [3.8, 4) is 10.8 Å². The topological polar surface area (TPSA) is 38.1 Å². The van der Waals surface area contributed by atoms with Gasteiger partial charge in [-0.1, -0.05) is 19.9 Å². The number of hydrogen-bond acceptors (Lipinski definition) is 4. The first-order valence-electron chi connectivity index (χ1n) is 5.94. The number of aromatic nitrogens is 1. The largest absolute Gasteiger partial charge is 0.444 e. The summed E-state index contributed by atoms with van der Waals surface area (Å²) < 4.78 is 5.45. The second-order valence-electron chi connectivity index (χ2n) is 4.48. The minimum absolute atomic E-state index is 0.723. The van der Waals surface area contributed by atoms with E-state index in [1.54, 1.807) is 17.6 Å². The van der Waals surface area contributed by atoms with Crippen molar-refractivity contribution in [2.45, 2.75) is 26.8 Å². The highest BCUT2D eigenvalue weighted by Crippen LogP contribution is 2.23. The van der Waals surface area contributed by atoms with Crippen LogP contribution in [0.3, 0.4) is 0 Å². The van der Waals surface area contributed by atoms with Gasteiger partial charge in [-0.15, -0.1) is 11.3 Å². The summed E-state index contributed by atoms with van der Waals surface area (Å²) in [5.41, 5.74) is 0.970. The fourth-order valence-corrected chi connectivity index (χ4v) is 2.16. The summed E-state index contributed by atoms with van der Waals surface area (Å²) in [6.07, 6.45) is 2.92. The van der Waals surface area contributed by atoms with Gasteiger partial charge in [0.05, 0.1) is 10.6 Å². The van der Waals surface area contributed by atoms with Crippen molar-refractivity contribution in [1.29, 1.82) is 0 Å². The summed E-state index contributed by atoms with van der Waals surface area (Å²) in [5, 5.41) is 5.40. The van der Waals surface area contributed by atoms with Gasteiger partial charge in [-0.2, -0.15) is 0 Å². The third-order valence-electron chi connectivity index (χ3n) is 2.49. The smallest absolute Gasteiger partial charge is 0.236 e. The van der Waals surface area contributed by atoms with Crippen molar-refractivity contribution in [3.63, 3.8) is 0 Å². The molecule has 0 saturated heterocycles. The number of oxazole rings is 1. The molecule has 2 rings (SSSR count). The van der Waals surface area contributed by atoms with E-state index in [1.165, 1.54) is 6.42 Å². The second-order valence-corrected chi connectivity index (χ2v) is 5.43. The number of hydrogen-bond donors (Lipinski definition) is 1. The van der Waals surface area contributed by atoms with E-state index in [0.29, 0.717) is 0 Å². The van der Waals surface area contributed by atoms with E-state index < -0.39 is 0 Å². The molecule has 0 unspecified atom stereocenters. The summed E-state index contributed by atoms with van der Waals surface area (Å²) in [4.78, 5) is 5.53. The summed E-state index contributed by atoms with van der Waals surface area (Å²) in [6, 6.07) is 4.03. The van der Waals surface area contributed by atoms with E-state index in [2.05, 4.69) is 24.1 Å². The highest BCUT2D eigenvalue weighted by Gasteiger charge is 2.06. The molecule has 0 atom stereocenters. The molecule has 2 heterocycles. The zero-order valence-electron chi connectivity index (χ0n) is 10.3. The van der Waals surface area contributed by atoms with Crippen molar-refractivity contribution < 1.29 is 4.42 Å². The molecule has 0 radical (unpaired) electrons. The minimum Gasteiger partial charge on any atom is -0.444 e. The van der Waals surface area contributed by atoms with Crippen LogP contribution >= 0.6 is 11.3 Å². The summed E-state index contributed by atoms with van der Waals surface area (Å²) in [5.74, 6) is 1.46. The molecule has 2 aromatic heterocycles. The van der Waals surface area contributed by atoms with E-state index in [0.717, 1.165) is 35.5 Å². The molecule has 3 nitrogen and oxygen atoms in total. The average molecular weight is 250 g/mol. The summed E-state index contributed by atoms with van der Waals surface area (Å²) in [6.45, 7) is 6.26. The average Bonchev–Trinajstić information content (AvgIpc) is 2.94. The molecule has 0 aromatic carbocycles. The number of nitrogens with zero attached hydrogens (tertiary/aromatic N) is 1. The van der Waals surface area contributed by atoms with Crippen LogP contribution in [0.15, 0.2) is 28.2 Å². The van der Waals surface area contributed by atoms with Crippen molar-refractivity contribution in [2.24, 2.45) is 5.92 Å². The minimum atomic E-state index is 0.723. The molecule has 0 spiro atoms. The third-order valence-corrected chi connectivity index (χ3v) is 3.35. The maximum absolute atomic E-state index is 5.45. The molecule has 1 N–H and O–H groups in total. The summed E-state index contributed by atoms with van der Waals surface area (Å²) >= 11 is 1.64. The van der Waals surface area contributed by atoms with Gasteiger partial charge in [0, 0.05) is 6.54 Å². The molecule has 4 heteroatoms. The molecular formula is C13H18N2OS. The number of thiophene rings is 1. The molecule has 92 valence electrons. The van der Waals surface area contributed by atoms with Gasteiger partial charge >= 0.3 is 0 Å². The zero-order chi connectivity index (χ0) is 12.1. The molecule has 0 aliphatic carbocycles. The van der Waals surface area contributed by atoms with Gasteiger partial charge in [-0.05, 0) is 30.3 Å². The first-order valence-corrected chi connectivity index (χ1v) is 6.82. The third kappa shape index (κ3) is 3.68. The lowest BCUT2D eigenvalue weighted by atomic mass is 10.1. The molecule has 0 aliphatic heterocycles. The lowest BCUT2D eigenvalue weighted by molar-refractivity contribution is 0.532. The van der Waals surface area contributed by atoms with Crippen LogP contribution in [-0.4, -0.2) is 11.5 Å². The van der Waals surface area contributed by atoms with Gasteiger partial charge in [0.2, 0.25) is 5.89 Å². The van der Waals surface area contributed by atoms with Crippen molar-refractivity contribution in [3.05, 3.63) is 29.5 Å². The van der Waals surface area contributed by atoms with Gasteiger partial charge < -0.3 is 9.73 Å². The molecule has 0 aliphatic rings. The Hall–Kier alpha value is -1.13. The first kappa shape index (κ1) is 12.3. The van der Waals surface area contributed by atoms with Gasteiger partial charge in [-0.3, -0.25) is 0 Å². The van der Waals surface area contributed by atoms with Crippen molar-refractivity contribution >= 4 is 11.3 Å². The van der Waals surface area contributed by atoms with Gasteiger partial charge in [0.1, 0.15) is 6.26 Å². The van der Waals surface area contributed by atoms with Crippen molar-refractivity contribution in [2.75, 3.05) is 6.54 Å². The molecule has 0 fully saturated rings. The lowest BCUT2D eigenvalue weighted by Gasteiger charge is -2.04. The SMILES string of the molecule is CC(C)CCNCc1coc(-c2cccs2)n1. The van der Waals surface area contributed by atoms with E-state index >= 15 is 0 Å². The van der Waals surface area contributed by atoms with Crippen LogP contribution in [-0.2, 0) is 6.54 Å². The Kier molecular flexibility index (Phi) is 4.34. The van der Waals surface area contributed by atoms with Crippen LogP contribution < -0.4 is 5.32 Å². The molecule has 0 amide bonds. The predicted octanol–water partition coefficient (Wildman–Crippen LogP) is 3.54. The standard InChI is InChI=1S/C13H18N2OS/c1-10(2)5-6-14-8-11-9-16-13(15-11)12-4-3-7-17-12/h3-4,7,9-10,14H,5-6,8H2,1-2H3. The van der Waals surface area contributed by atoms with Gasteiger partial charge in [0.25, 0.3) is 0 Å². The zero-order valence-corrected chi connectivity index (χ0v) is 11.1. The quantitative estimate of drug-likeness (QED) is 0.797. The Labute approximate surface area is 106 Å². The highest BCUT2D eigenvalue weighted by atomic mass is 32.1. The molecule has 0 saturated carbocycles. The van der Waals surface area contributed by atoms with Crippen molar-refractivity contribution in [1.82, 2.24) is 10.3 Å². The van der Waals surface area contributed by atoms with Crippen LogP contribution in [0, 0.1) is 5.92 Å². The number of nitrogens with one attached hydrogen (secondary N) is 1. The fraction of sp³-hybridized carbons (Fsp3) is 0.462. The highest BCUT2D eigenvalue weighted by molar-refractivity contribution is 7.13. The van der Waals surface area contributed by atoms with E-state index in [1.807, 2.05) is 17.5 Å². The van der Waals surface area contributed by atoms with E-state index in [9.17, 15) is 0 Å². The molecule has 17 heavy (non-hydrogen) atoms. The van der Waals surface area contributed by atoms with E-state index in [-0.39, 0.29) is 0 Å². The Morgan fingerprint density at radius 2 is 2.35 bits per heavy atom. The summed E-state index contributed by atoms with van der Waals surface area (Å²) in [7, 11) is 0. The normalized spacial score (nSPS) is 11.2. The Morgan fingerprint density at radius 1 is 1.47 bits per heavy atom. The molecule has 2 aromatic rings. The van der Waals surface area contributed by atoms with Gasteiger partial charge in [-0.25, -0.2) is 4.98 Å². The lowest BCUT2D eigenvalue weighted by Crippen LogP contribution is -2.16. The Bertz CT molecular complexity index is 434. The van der Waals surface area contributed by atoms with Crippen LogP contribution in [0.4, 0.5) is 0 Å². The Morgan fingerprint density at radius 3 is 3.06 bits per heavy atom. The Balaban J connectivity index is 1.83. The van der Waals surface area contributed by atoms with Crippen LogP contribution in [0.2, 0.25) is 0 Å². The van der Waals surface area contributed by atoms with Crippen LogP contribution in [0.5, 0.6) is 0 Å². The monoisotopic (exact) mass is 250 g/mol. The maximum Gasteiger partial charge on any atom is 0.236 e. The molecule has 0 bridgehead atoms.